The highest BCUT2D eigenvalue weighted by Crippen LogP contribution is 2.59. The van der Waals surface area contributed by atoms with Crippen molar-refractivity contribution in [2.24, 2.45) is 17.8 Å². The third-order valence-corrected chi connectivity index (χ3v) is 6.43. The molecule has 1 heterocycles. The molecular formula is C17H19FN2S. The molecule has 4 saturated carbocycles. The van der Waals surface area contributed by atoms with E-state index in [1.165, 1.54) is 44.6 Å². The van der Waals surface area contributed by atoms with Gasteiger partial charge in [-0.3, -0.25) is 0 Å². The lowest BCUT2D eigenvalue weighted by Crippen LogP contribution is -2.51. The van der Waals surface area contributed by atoms with Crippen LogP contribution in [0.2, 0.25) is 0 Å². The lowest BCUT2D eigenvalue weighted by molar-refractivity contribution is -0.0416. The first-order valence-corrected chi connectivity index (χ1v) is 8.45. The van der Waals surface area contributed by atoms with E-state index in [9.17, 15) is 4.39 Å². The SMILES string of the molecule is Fc1cccc2c1[nH]c(=S)n2C12CC3CC(CC(C3)C1)C2. The number of aromatic nitrogens is 2. The zero-order chi connectivity index (χ0) is 14.2. The Bertz CT molecular complexity index is 752. The van der Waals surface area contributed by atoms with Gasteiger partial charge in [0.25, 0.3) is 0 Å². The summed E-state index contributed by atoms with van der Waals surface area (Å²) in [6.07, 6.45) is 7.92. The number of fused-ring (bicyclic) bond motifs is 1. The minimum absolute atomic E-state index is 0.151. The fourth-order valence-electron chi connectivity index (χ4n) is 5.90. The van der Waals surface area contributed by atoms with Gasteiger partial charge in [0.1, 0.15) is 11.3 Å². The molecule has 1 N–H and O–H groups in total. The predicted molar refractivity (Wildman–Crippen MR) is 83.2 cm³/mol. The maximum absolute atomic E-state index is 14.1. The third kappa shape index (κ3) is 1.60. The van der Waals surface area contributed by atoms with Crippen molar-refractivity contribution in [1.29, 1.82) is 0 Å². The van der Waals surface area contributed by atoms with Gasteiger partial charge in [-0.1, -0.05) is 6.07 Å². The van der Waals surface area contributed by atoms with Gasteiger partial charge in [0, 0.05) is 5.54 Å². The highest BCUT2D eigenvalue weighted by molar-refractivity contribution is 7.71. The molecule has 4 fully saturated rings. The molecule has 1 aromatic heterocycles. The second-order valence-electron chi connectivity index (χ2n) is 7.54. The third-order valence-electron chi connectivity index (χ3n) is 6.15. The van der Waals surface area contributed by atoms with Crippen molar-refractivity contribution in [1.82, 2.24) is 9.55 Å². The van der Waals surface area contributed by atoms with Crippen LogP contribution < -0.4 is 0 Å². The summed E-state index contributed by atoms with van der Waals surface area (Å²) < 4.78 is 17.0. The minimum Gasteiger partial charge on any atom is -0.328 e. The van der Waals surface area contributed by atoms with E-state index in [0.29, 0.717) is 10.3 Å². The normalized spacial score (nSPS) is 37.5. The van der Waals surface area contributed by atoms with Gasteiger partial charge >= 0.3 is 0 Å². The van der Waals surface area contributed by atoms with Crippen LogP contribution >= 0.6 is 12.2 Å². The van der Waals surface area contributed by atoms with Crippen LogP contribution in [0.1, 0.15) is 38.5 Å². The first kappa shape index (κ1) is 12.4. The molecular weight excluding hydrogens is 283 g/mol. The quantitative estimate of drug-likeness (QED) is 0.753. The molecule has 0 saturated heterocycles. The van der Waals surface area contributed by atoms with E-state index < -0.39 is 0 Å². The molecule has 2 nitrogen and oxygen atoms in total. The molecule has 0 spiro atoms. The van der Waals surface area contributed by atoms with Crippen LogP contribution in [0.25, 0.3) is 11.0 Å². The number of aromatic amines is 1. The minimum atomic E-state index is -0.193. The van der Waals surface area contributed by atoms with Gasteiger partial charge in [0.05, 0.1) is 5.52 Å². The molecule has 4 bridgehead atoms. The smallest absolute Gasteiger partial charge is 0.178 e. The number of nitrogens with zero attached hydrogens (tertiary/aromatic N) is 1. The Morgan fingerprint density at radius 3 is 2.33 bits per heavy atom. The lowest BCUT2D eigenvalue weighted by atomic mass is 9.53. The van der Waals surface area contributed by atoms with E-state index in [4.69, 9.17) is 12.2 Å². The molecule has 0 amide bonds. The summed E-state index contributed by atoms with van der Waals surface area (Å²) in [5, 5.41) is 0. The summed E-state index contributed by atoms with van der Waals surface area (Å²) in [6.45, 7) is 0. The zero-order valence-electron chi connectivity index (χ0n) is 11.9. The number of hydrogen-bond acceptors (Lipinski definition) is 1. The molecule has 0 aliphatic heterocycles. The fourth-order valence-corrected chi connectivity index (χ4v) is 6.30. The summed E-state index contributed by atoms with van der Waals surface area (Å²) in [4.78, 5) is 3.12. The van der Waals surface area contributed by atoms with E-state index in [-0.39, 0.29) is 11.4 Å². The number of halogens is 1. The van der Waals surface area contributed by atoms with Crippen LogP contribution in [0.5, 0.6) is 0 Å². The first-order valence-electron chi connectivity index (χ1n) is 8.04. The van der Waals surface area contributed by atoms with Crippen molar-refractivity contribution in [3.05, 3.63) is 28.8 Å². The average Bonchev–Trinajstić information content (AvgIpc) is 2.75. The van der Waals surface area contributed by atoms with Gasteiger partial charge in [0.15, 0.2) is 4.77 Å². The van der Waals surface area contributed by atoms with Gasteiger partial charge in [-0.2, -0.15) is 0 Å². The lowest BCUT2D eigenvalue weighted by Gasteiger charge is -2.57. The fraction of sp³-hybridized carbons (Fsp3) is 0.588. The predicted octanol–water partition coefficient (Wildman–Crippen LogP) is 4.76. The second kappa shape index (κ2) is 3.97. The van der Waals surface area contributed by atoms with Gasteiger partial charge in [-0.25, -0.2) is 4.39 Å². The van der Waals surface area contributed by atoms with Crippen molar-refractivity contribution >= 4 is 23.3 Å². The molecule has 0 radical (unpaired) electrons. The van der Waals surface area contributed by atoms with E-state index in [0.717, 1.165) is 23.3 Å². The summed E-state index contributed by atoms with van der Waals surface area (Å²) in [5.74, 6) is 2.38. The Morgan fingerprint density at radius 2 is 1.71 bits per heavy atom. The van der Waals surface area contributed by atoms with Crippen LogP contribution in [0.3, 0.4) is 0 Å². The topological polar surface area (TPSA) is 20.7 Å². The molecule has 2 aromatic rings. The number of benzene rings is 1. The summed E-state index contributed by atoms with van der Waals surface area (Å²) >= 11 is 5.59. The Hall–Kier alpha value is -1.16. The first-order chi connectivity index (χ1) is 10.1. The maximum atomic E-state index is 14.1. The number of nitrogens with one attached hydrogen (secondary N) is 1. The van der Waals surface area contributed by atoms with E-state index >= 15 is 0 Å². The van der Waals surface area contributed by atoms with Gasteiger partial charge in [-0.15, -0.1) is 0 Å². The molecule has 0 unspecified atom stereocenters. The molecule has 21 heavy (non-hydrogen) atoms. The highest BCUT2D eigenvalue weighted by atomic mass is 32.1. The number of para-hydroxylation sites is 1. The van der Waals surface area contributed by atoms with E-state index in [1.54, 1.807) is 6.07 Å². The van der Waals surface area contributed by atoms with Crippen LogP contribution in [0, 0.1) is 28.3 Å². The van der Waals surface area contributed by atoms with Gasteiger partial charge < -0.3 is 9.55 Å². The van der Waals surface area contributed by atoms with Crippen molar-refractivity contribution < 1.29 is 4.39 Å². The molecule has 4 aliphatic rings. The van der Waals surface area contributed by atoms with Crippen molar-refractivity contribution in [3.8, 4) is 0 Å². The monoisotopic (exact) mass is 302 g/mol. The van der Waals surface area contributed by atoms with Crippen LogP contribution in [0.15, 0.2) is 18.2 Å². The molecule has 1 aromatic carbocycles. The number of imidazole rings is 1. The number of rotatable bonds is 1. The molecule has 0 atom stereocenters. The Kier molecular flexibility index (Phi) is 2.35. The average molecular weight is 302 g/mol. The van der Waals surface area contributed by atoms with E-state index in [2.05, 4.69) is 9.55 Å². The van der Waals surface area contributed by atoms with Crippen LogP contribution in [-0.4, -0.2) is 9.55 Å². The maximum Gasteiger partial charge on any atom is 0.178 e. The summed E-state index contributed by atoms with van der Waals surface area (Å²) in [5.41, 5.74) is 1.69. The van der Waals surface area contributed by atoms with Crippen molar-refractivity contribution in [2.75, 3.05) is 0 Å². The standard InChI is InChI=1S/C17H19FN2S/c18-13-2-1-3-14-15(13)19-16(21)20(14)17-7-10-4-11(8-17)6-12(5-10)9-17/h1-3,10-12H,4-9H2,(H,19,21). The molecule has 110 valence electrons. The largest absolute Gasteiger partial charge is 0.328 e. The second-order valence-corrected chi connectivity index (χ2v) is 7.93. The summed E-state index contributed by atoms with van der Waals surface area (Å²) in [7, 11) is 0. The molecule has 4 heteroatoms. The summed E-state index contributed by atoms with van der Waals surface area (Å²) in [6, 6.07) is 5.33. The van der Waals surface area contributed by atoms with E-state index in [1.807, 2.05) is 6.07 Å². The number of H-pyrrole nitrogens is 1. The van der Waals surface area contributed by atoms with Gasteiger partial charge in [-0.05, 0) is 80.6 Å². The van der Waals surface area contributed by atoms with Gasteiger partial charge in [0.2, 0.25) is 0 Å². The molecule has 6 rings (SSSR count). The van der Waals surface area contributed by atoms with Crippen LogP contribution in [-0.2, 0) is 5.54 Å². The van der Waals surface area contributed by atoms with Crippen LogP contribution in [0.4, 0.5) is 4.39 Å². The number of hydrogen-bond donors (Lipinski definition) is 1. The van der Waals surface area contributed by atoms with Crippen molar-refractivity contribution in [2.45, 2.75) is 44.1 Å². The molecule has 4 aliphatic carbocycles. The Labute approximate surface area is 128 Å². The Morgan fingerprint density at radius 1 is 1.10 bits per heavy atom. The van der Waals surface area contributed by atoms with Crippen molar-refractivity contribution in [3.63, 3.8) is 0 Å². The zero-order valence-corrected chi connectivity index (χ0v) is 12.8. The highest BCUT2D eigenvalue weighted by Gasteiger charge is 2.52. The Balaban J connectivity index is 1.76.